The maximum absolute atomic E-state index is 13.3. The smallest absolute Gasteiger partial charge is 0.130 e. The Labute approximate surface area is 95.4 Å². The quantitative estimate of drug-likeness (QED) is 0.599. The highest BCUT2D eigenvalue weighted by Crippen LogP contribution is 2.16. The van der Waals surface area contributed by atoms with Crippen LogP contribution in [0.15, 0.2) is 18.2 Å². The first kappa shape index (κ1) is 12.9. The van der Waals surface area contributed by atoms with E-state index in [2.05, 4.69) is 0 Å². The molecule has 0 unspecified atom stereocenters. The fourth-order valence-corrected chi connectivity index (χ4v) is 1.24. The van der Waals surface area contributed by atoms with Crippen LogP contribution in [0.25, 0.3) is 0 Å². The largest absolute Gasteiger partial charge is 0.398 e. The molecule has 0 aliphatic carbocycles. The summed E-state index contributed by atoms with van der Waals surface area (Å²) >= 11 is 0. The molecule has 0 heterocycles. The van der Waals surface area contributed by atoms with E-state index in [1.165, 1.54) is 6.07 Å². The van der Waals surface area contributed by atoms with Gasteiger partial charge in [-0.25, -0.2) is 4.39 Å². The van der Waals surface area contributed by atoms with Gasteiger partial charge in [-0.3, -0.25) is 0 Å². The minimum atomic E-state index is -0.329. The molecular weight excluding hydrogens is 209 g/mol. The van der Waals surface area contributed by atoms with E-state index in [4.69, 9.17) is 15.2 Å². The molecule has 0 spiro atoms. The Morgan fingerprint density at radius 1 is 1.31 bits per heavy atom. The molecule has 0 atom stereocenters. The average Bonchev–Trinajstić information content (AvgIpc) is 2.21. The van der Waals surface area contributed by atoms with Crippen LogP contribution in [0.5, 0.6) is 0 Å². The standard InChI is InChI=1S/C12H18FNO2/c1-9(2)16-7-6-15-8-10-11(13)4-3-5-12(10)14/h3-5,9H,6-8,14H2,1-2H3. The lowest BCUT2D eigenvalue weighted by Gasteiger charge is -2.10. The molecule has 4 heteroatoms. The van der Waals surface area contributed by atoms with Crippen LogP contribution in [0.3, 0.4) is 0 Å². The second kappa shape index (κ2) is 6.45. The molecule has 0 aliphatic rings. The fourth-order valence-electron chi connectivity index (χ4n) is 1.24. The van der Waals surface area contributed by atoms with Crippen LogP contribution >= 0.6 is 0 Å². The van der Waals surface area contributed by atoms with Gasteiger partial charge in [0.05, 0.1) is 25.9 Å². The minimum absolute atomic E-state index is 0.181. The van der Waals surface area contributed by atoms with Gasteiger partial charge in [0.25, 0.3) is 0 Å². The SMILES string of the molecule is CC(C)OCCOCc1c(N)cccc1F. The van der Waals surface area contributed by atoms with Gasteiger partial charge < -0.3 is 15.2 Å². The summed E-state index contributed by atoms with van der Waals surface area (Å²) in [5, 5.41) is 0. The first-order valence-corrected chi connectivity index (χ1v) is 5.33. The summed E-state index contributed by atoms with van der Waals surface area (Å²) < 4.78 is 23.9. The molecule has 0 radical (unpaired) electrons. The topological polar surface area (TPSA) is 44.5 Å². The molecule has 0 saturated carbocycles. The number of hydrogen-bond acceptors (Lipinski definition) is 3. The monoisotopic (exact) mass is 227 g/mol. The lowest BCUT2D eigenvalue weighted by molar-refractivity contribution is 0.0138. The fraction of sp³-hybridized carbons (Fsp3) is 0.500. The van der Waals surface area contributed by atoms with Gasteiger partial charge in [-0.1, -0.05) is 6.07 Å². The molecule has 3 nitrogen and oxygen atoms in total. The van der Waals surface area contributed by atoms with E-state index in [1.54, 1.807) is 12.1 Å². The molecule has 90 valence electrons. The molecule has 1 aromatic carbocycles. The van der Waals surface area contributed by atoms with E-state index in [0.717, 1.165) is 0 Å². The Morgan fingerprint density at radius 2 is 2.06 bits per heavy atom. The molecule has 2 N–H and O–H groups in total. The molecule has 0 fully saturated rings. The third kappa shape index (κ3) is 4.16. The predicted octanol–water partition coefficient (Wildman–Crippen LogP) is 2.35. The lowest BCUT2D eigenvalue weighted by Crippen LogP contribution is -2.10. The van der Waals surface area contributed by atoms with E-state index in [1.807, 2.05) is 13.8 Å². The number of hydrogen-bond donors (Lipinski definition) is 1. The van der Waals surface area contributed by atoms with Crippen LogP contribution in [0.2, 0.25) is 0 Å². The molecule has 0 amide bonds. The van der Waals surface area contributed by atoms with E-state index >= 15 is 0 Å². The van der Waals surface area contributed by atoms with Crippen molar-refractivity contribution in [1.82, 2.24) is 0 Å². The van der Waals surface area contributed by atoms with E-state index < -0.39 is 0 Å². The molecule has 0 bridgehead atoms. The van der Waals surface area contributed by atoms with Gasteiger partial charge in [0.2, 0.25) is 0 Å². The highest BCUT2D eigenvalue weighted by Gasteiger charge is 2.05. The van der Waals surface area contributed by atoms with Gasteiger partial charge >= 0.3 is 0 Å². The number of ether oxygens (including phenoxy) is 2. The molecule has 1 rings (SSSR count). The van der Waals surface area contributed by atoms with Crippen molar-refractivity contribution in [2.75, 3.05) is 18.9 Å². The first-order valence-electron chi connectivity index (χ1n) is 5.33. The Kier molecular flexibility index (Phi) is 5.22. The van der Waals surface area contributed by atoms with Gasteiger partial charge in [0, 0.05) is 11.3 Å². The third-order valence-corrected chi connectivity index (χ3v) is 2.08. The van der Waals surface area contributed by atoms with Crippen molar-refractivity contribution < 1.29 is 13.9 Å². The van der Waals surface area contributed by atoms with Crippen LogP contribution in [-0.4, -0.2) is 19.3 Å². The normalized spacial score (nSPS) is 11.0. The Hall–Kier alpha value is -1.13. The molecule has 0 aromatic heterocycles. The second-order valence-electron chi connectivity index (χ2n) is 3.78. The van der Waals surface area contributed by atoms with E-state index in [-0.39, 0.29) is 18.5 Å². The average molecular weight is 227 g/mol. The molecular formula is C12H18FNO2. The summed E-state index contributed by atoms with van der Waals surface area (Å²) in [5.41, 5.74) is 6.46. The number of anilines is 1. The summed E-state index contributed by atoms with van der Waals surface area (Å²) in [6.07, 6.45) is 0.183. The summed E-state index contributed by atoms with van der Waals surface area (Å²) in [6, 6.07) is 4.61. The number of halogens is 1. The summed E-state index contributed by atoms with van der Waals surface area (Å²) in [6.45, 7) is 5.03. The number of rotatable bonds is 6. The van der Waals surface area contributed by atoms with Crippen molar-refractivity contribution >= 4 is 5.69 Å². The molecule has 16 heavy (non-hydrogen) atoms. The first-order chi connectivity index (χ1) is 7.61. The zero-order valence-corrected chi connectivity index (χ0v) is 9.70. The maximum atomic E-state index is 13.3. The third-order valence-electron chi connectivity index (χ3n) is 2.08. The highest BCUT2D eigenvalue weighted by molar-refractivity contribution is 5.46. The summed E-state index contributed by atoms with van der Waals surface area (Å²) in [5.74, 6) is -0.329. The molecule has 0 aliphatic heterocycles. The summed E-state index contributed by atoms with van der Waals surface area (Å²) in [4.78, 5) is 0. The van der Waals surface area contributed by atoms with Gasteiger partial charge in [0.1, 0.15) is 5.82 Å². The van der Waals surface area contributed by atoms with E-state index in [0.29, 0.717) is 24.5 Å². The van der Waals surface area contributed by atoms with Gasteiger partial charge in [-0.15, -0.1) is 0 Å². The van der Waals surface area contributed by atoms with Crippen molar-refractivity contribution in [1.29, 1.82) is 0 Å². The molecule has 0 saturated heterocycles. The summed E-state index contributed by atoms with van der Waals surface area (Å²) in [7, 11) is 0. The zero-order valence-electron chi connectivity index (χ0n) is 9.70. The van der Waals surface area contributed by atoms with Crippen molar-refractivity contribution in [2.24, 2.45) is 0 Å². The van der Waals surface area contributed by atoms with Gasteiger partial charge in [-0.05, 0) is 26.0 Å². The number of nitrogens with two attached hydrogens (primary N) is 1. The van der Waals surface area contributed by atoms with Crippen LogP contribution in [0.1, 0.15) is 19.4 Å². The van der Waals surface area contributed by atoms with Crippen molar-refractivity contribution in [3.63, 3.8) is 0 Å². The van der Waals surface area contributed by atoms with Crippen LogP contribution in [0.4, 0.5) is 10.1 Å². The Morgan fingerprint density at radius 3 is 2.69 bits per heavy atom. The van der Waals surface area contributed by atoms with Gasteiger partial charge in [-0.2, -0.15) is 0 Å². The minimum Gasteiger partial charge on any atom is -0.398 e. The Balaban J connectivity index is 2.32. The number of benzene rings is 1. The number of nitrogen functional groups attached to an aromatic ring is 1. The highest BCUT2D eigenvalue weighted by atomic mass is 19.1. The van der Waals surface area contributed by atoms with Crippen LogP contribution in [-0.2, 0) is 16.1 Å². The predicted molar refractivity (Wildman–Crippen MR) is 61.6 cm³/mol. The van der Waals surface area contributed by atoms with E-state index in [9.17, 15) is 4.39 Å². The Bertz CT molecular complexity index is 309. The van der Waals surface area contributed by atoms with Crippen molar-refractivity contribution in [3.8, 4) is 0 Å². The molecule has 1 aromatic rings. The van der Waals surface area contributed by atoms with Crippen LogP contribution < -0.4 is 5.73 Å². The maximum Gasteiger partial charge on any atom is 0.130 e. The lowest BCUT2D eigenvalue weighted by atomic mass is 10.2. The van der Waals surface area contributed by atoms with Gasteiger partial charge in [0.15, 0.2) is 0 Å². The zero-order chi connectivity index (χ0) is 12.0. The van der Waals surface area contributed by atoms with Crippen LogP contribution in [0, 0.1) is 5.82 Å². The van der Waals surface area contributed by atoms with Crippen molar-refractivity contribution in [2.45, 2.75) is 26.6 Å². The van der Waals surface area contributed by atoms with Crippen molar-refractivity contribution in [3.05, 3.63) is 29.6 Å². The second-order valence-corrected chi connectivity index (χ2v) is 3.78.